The van der Waals surface area contributed by atoms with Gasteiger partial charge in [0.05, 0.1) is 37.1 Å². The Bertz CT molecular complexity index is 3370. The van der Waals surface area contributed by atoms with Gasteiger partial charge in [-0.2, -0.15) is 78.7 Å². The fourth-order valence-electron chi connectivity index (χ4n) is 7.08. The molecular weight excluding hydrogens is 1260 g/mol. The van der Waals surface area contributed by atoms with E-state index in [-0.39, 0.29) is 21.7 Å². The normalized spacial score (nSPS) is 15.9. The summed E-state index contributed by atoms with van der Waals surface area (Å²) < 4.78 is 188. The molecule has 0 amide bonds. The van der Waals surface area contributed by atoms with Crippen molar-refractivity contribution in [2.75, 3.05) is 11.5 Å². The SMILES string of the molecule is CC1(C)C(C=C(Cl)Cl)C1C(=O)OC(C#N)c1cccc(Oc2ccccc2)c1.N#Cc1nn(-c2c(Cl)cc(C(F)(F)F)cc2Cl)c(N)c1S(=O)C(F)(F)F.N#Cc1nn(-c2c(Cl)cc(C(F)(F)F)cc2Cl)c(N)c1S(=O)C(F)(F)F. The molecule has 0 aliphatic heterocycles. The van der Waals surface area contributed by atoms with Gasteiger partial charge in [-0.25, -0.2) is 17.8 Å². The number of halogens is 18. The second-order valence-electron chi connectivity index (χ2n) is 16.4. The van der Waals surface area contributed by atoms with Crippen LogP contribution < -0.4 is 16.2 Å². The number of carbonyl (C=O) groups excluding carboxylic acids is 1. The minimum Gasteiger partial charge on any atom is -0.457 e. The number of ether oxygens (including phenoxy) is 2. The van der Waals surface area contributed by atoms with Gasteiger partial charge in [0.1, 0.15) is 67.0 Å². The average Bonchev–Trinajstić information content (AvgIpc) is 3.54. The highest BCUT2D eigenvalue weighted by Crippen LogP contribution is 2.60. The molecule has 7 rings (SSSR count). The zero-order chi connectivity index (χ0) is 60.4. The van der Waals surface area contributed by atoms with Gasteiger partial charge in [-0.1, -0.05) is 114 Å². The van der Waals surface area contributed by atoms with E-state index in [0.29, 0.717) is 50.7 Å². The van der Waals surface area contributed by atoms with E-state index in [9.17, 15) is 71.2 Å². The van der Waals surface area contributed by atoms with Crippen LogP contribution in [0.15, 0.2) is 99.2 Å². The molecule has 0 bridgehead atoms. The molecule has 1 saturated carbocycles. The Morgan fingerprint density at radius 3 is 1.43 bits per heavy atom. The van der Waals surface area contributed by atoms with Crippen LogP contribution >= 0.6 is 69.6 Å². The van der Waals surface area contributed by atoms with Crippen LogP contribution in [-0.2, 0) is 43.5 Å². The smallest absolute Gasteiger partial charge is 0.457 e. The third-order valence-corrected chi connectivity index (χ3v) is 14.6. The Morgan fingerprint density at radius 2 is 1.07 bits per heavy atom. The number of carbonyl (C=O) groups is 1. The summed E-state index contributed by atoms with van der Waals surface area (Å²) in [6.45, 7) is 3.87. The fourth-order valence-corrected chi connectivity index (χ4v) is 10.2. The van der Waals surface area contributed by atoms with Crippen molar-refractivity contribution in [3.05, 3.63) is 138 Å². The Hall–Kier alpha value is -6.42. The molecule has 80 heavy (non-hydrogen) atoms. The number of esters is 1. The van der Waals surface area contributed by atoms with Crippen molar-refractivity contribution in [1.82, 2.24) is 19.6 Å². The largest absolute Gasteiger partial charge is 0.476 e. The second kappa shape index (κ2) is 24.7. The summed E-state index contributed by atoms with van der Waals surface area (Å²) in [6.07, 6.45) is -8.96. The predicted octanol–water partition coefficient (Wildman–Crippen LogP) is 14.7. The van der Waals surface area contributed by atoms with Crippen LogP contribution in [0.4, 0.5) is 64.3 Å². The van der Waals surface area contributed by atoms with E-state index in [1.54, 1.807) is 30.3 Å². The van der Waals surface area contributed by atoms with Crippen LogP contribution in [0.3, 0.4) is 0 Å². The first-order valence-corrected chi connectivity index (χ1v) is 25.6. The van der Waals surface area contributed by atoms with Gasteiger partial charge in [0, 0.05) is 5.56 Å². The zero-order valence-electron chi connectivity index (χ0n) is 39.3. The molecular formula is C46H27Cl6F12N9O5S2. The number of alkyl halides is 12. The number of anilines is 2. The molecule has 34 heteroatoms. The number of aromatic nitrogens is 4. The van der Waals surface area contributed by atoms with Crippen molar-refractivity contribution < 1.29 is 75.4 Å². The summed E-state index contributed by atoms with van der Waals surface area (Å²) in [5.41, 5.74) is -4.61. The predicted molar refractivity (Wildman–Crippen MR) is 268 cm³/mol. The van der Waals surface area contributed by atoms with Gasteiger partial charge in [-0.15, -0.1) is 0 Å². The first-order valence-electron chi connectivity index (χ1n) is 21.0. The number of nitriles is 3. The number of benzene rings is 4. The van der Waals surface area contributed by atoms with Gasteiger partial charge in [-0.3, -0.25) is 4.79 Å². The Balaban J connectivity index is 0.000000221. The van der Waals surface area contributed by atoms with E-state index in [4.69, 9.17) is 101 Å². The van der Waals surface area contributed by atoms with Crippen LogP contribution in [0.5, 0.6) is 11.5 Å². The van der Waals surface area contributed by atoms with Crippen molar-refractivity contribution in [2.24, 2.45) is 17.3 Å². The van der Waals surface area contributed by atoms with E-state index in [0.717, 1.165) is 0 Å². The molecule has 5 unspecified atom stereocenters. The minimum atomic E-state index is -5.25. The maximum atomic E-state index is 12.7. The molecule has 5 atom stereocenters. The Morgan fingerprint density at radius 1 is 0.675 bits per heavy atom. The summed E-state index contributed by atoms with van der Waals surface area (Å²) >= 11 is 34.4. The van der Waals surface area contributed by atoms with E-state index in [2.05, 4.69) is 10.2 Å². The van der Waals surface area contributed by atoms with Crippen LogP contribution in [-0.4, -0.2) is 45.0 Å². The van der Waals surface area contributed by atoms with Crippen molar-refractivity contribution >= 4 is 109 Å². The maximum absolute atomic E-state index is 12.7. The fraction of sp³-hybridized carbons (Fsp3) is 0.217. The van der Waals surface area contributed by atoms with E-state index in [1.807, 2.05) is 50.2 Å². The number of hydrogen-bond donors (Lipinski definition) is 2. The molecule has 0 spiro atoms. The van der Waals surface area contributed by atoms with Crippen LogP contribution in [0.1, 0.15) is 48.0 Å². The molecule has 4 aromatic carbocycles. The number of nitrogens with two attached hydrogens (primary N) is 2. The molecule has 1 fully saturated rings. The lowest BCUT2D eigenvalue weighted by Crippen LogP contribution is -2.18. The van der Waals surface area contributed by atoms with E-state index in [1.165, 1.54) is 12.1 Å². The third kappa shape index (κ3) is 14.7. The number of rotatable bonds is 10. The molecule has 0 saturated heterocycles. The quantitative estimate of drug-likeness (QED) is 0.0964. The van der Waals surface area contributed by atoms with Gasteiger partial charge in [0.15, 0.2) is 33.0 Å². The van der Waals surface area contributed by atoms with E-state index >= 15 is 0 Å². The second-order valence-corrected chi connectivity index (χ2v) is 21.8. The minimum absolute atomic E-state index is 0.114. The first kappa shape index (κ1) is 64.4. The van der Waals surface area contributed by atoms with Crippen molar-refractivity contribution in [3.63, 3.8) is 0 Å². The zero-order valence-corrected chi connectivity index (χ0v) is 45.4. The molecule has 2 aromatic heterocycles. The number of para-hydroxylation sites is 1. The van der Waals surface area contributed by atoms with Crippen molar-refractivity contribution in [1.29, 1.82) is 15.8 Å². The van der Waals surface area contributed by atoms with Gasteiger partial charge >= 0.3 is 29.3 Å². The van der Waals surface area contributed by atoms with Crippen LogP contribution in [0.25, 0.3) is 11.4 Å². The number of nitrogen functional groups attached to an aromatic ring is 2. The topological polar surface area (TPSA) is 229 Å². The van der Waals surface area contributed by atoms with E-state index < -0.39 is 132 Å². The lowest BCUT2D eigenvalue weighted by molar-refractivity contribution is -0.149. The molecule has 6 aromatic rings. The number of allylic oxidation sites excluding steroid dienone is 1. The molecule has 1 aliphatic rings. The Labute approximate surface area is 477 Å². The summed E-state index contributed by atoms with van der Waals surface area (Å²) in [7, 11) is -7.41. The lowest BCUT2D eigenvalue weighted by atomic mass is 10.1. The highest BCUT2D eigenvalue weighted by atomic mass is 35.5. The molecule has 0 radical (unpaired) electrons. The standard InChI is InChI=1S/C22H19Cl2NO3.2C12H4Cl2F6N4OS/c1-22(2)17(12-19(23)24)20(22)21(26)28-18(13-25)14-7-6-10-16(11-14)27-15-8-4-3-5-9-15;2*13-5-1-4(11(15,16)17)2-6(14)8(5)24-10(22)9(7(3-21)23-24)26(25)12(18,19)20/h3-12,17-18,20H,1-2H3;2*1-2H,22H2. The Kier molecular flexibility index (Phi) is 19.9. The highest BCUT2D eigenvalue weighted by Gasteiger charge is 2.62. The molecule has 2 heterocycles. The van der Waals surface area contributed by atoms with Gasteiger partial charge in [0.2, 0.25) is 6.10 Å². The molecule has 4 N–H and O–H groups in total. The van der Waals surface area contributed by atoms with Gasteiger partial charge in [-0.05, 0) is 65.9 Å². The lowest BCUT2D eigenvalue weighted by Gasteiger charge is -2.13. The number of nitrogens with zero attached hydrogens (tertiary/aromatic N) is 7. The summed E-state index contributed by atoms with van der Waals surface area (Å²) in [5.74, 6) is -1.51. The van der Waals surface area contributed by atoms with Crippen LogP contribution in [0, 0.1) is 51.2 Å². The summed E-state index contributed by atoms with van der Waals surface area (Å²) in [4.78, 5) is 10.3. The van der Waals surface area contributed by atoms with Gasteiger partial charge in [0.25, 0.3) is 0 Å². The van der Waals surface area contributed by atoms with Crippen molar-refractivity contribution in [3.8, 4) is 41.1 Å². The maximum Gasteiger partial charge on any atom is 0.476 e. The third-order valence-electron chi connectivity index (χ3n) is 10.8. The first-order chi connectivity index (χ1) is 36.9. The molecule has 424 valence electrons. The summed E-state index contributed by atoms with van der Waals surface area (Å²) in [6, 6.07) is 22.7. The monoisotopic (exact) mass is 1290 g/mol. The van der Waals surface area contributed by atoms with Gasteiger partial charge < -0.3 is 20.9 Å². The molecule has 1 aliphatic carbocycles. The number of hydrogen-bond acceptors (Lipinski definition) is 12. The summed E-state index contributed by atoms with van der Waals surface area (Å²) in [5, 5.41) is 31.6. The van der Waals surface area contributed by atoms with Crippen LogP contribution in [0.2, 0.25) is 20.1 Å². The van der Waals surface area contributed by atoms with Crippen molar-refractivity contribution in [2.45, 2.75) is 53.1 Å². The average molecular weight is 1290 g/mol. The highest BCUT2D eigenvalue weighted by molar-refractivity contribution is 7.86. The molecule has 14 nitrogen and oxygen atoms in total.